The van der Waals surface area contributed by atoms with E-state index in [-0.39, 0.29) is 12.0 Å². The van der Waals surface area contributed by atoms with E-state index in [1.54, 1.807) is 6.20 Å². The molecule has 0 unspecified atom stereocenters. The molecule has 2 aromatic heterocycles. The van der Waals surface area contributed by atoms with Crippen LogP contribution < -0.4 is 5.73 Å². The molecule has 28 heavy (non-hydrogen) atoms. The van der Waals surface area contributed by atoms with Crippen molar-refractivity contribution in [3.63, 3.8) is 0 Å². The molecule has 4 heterocycles. The zero-order chi connectivity index (χ0) is 19.1. The molecule has 3 aromatic rings. The van der Waals surface area contributed by atoms with E-state index in [1.807, 2.05) is 16.7 Å². The van der Waals surface area contributed by atoms with E-state index in [2.05, 4.69) is 46.1 Å². The Bertz CT molecular complexity index is 1080. The van der Waals surface area contributed by atoms with E-state index in [1.165, 1.54) is 11.1 Å². The lowest BCUT2D eigenvalue weighted by Crippen LogP contribution is -2.15. The van der Waals surface area contributed by atoms with Gasteiger partial charge >= 0.3 is 0 Å². The normalized spacial score (nSPS) is 21.9. The lowest BCUT2D eigenvalue weighted by molar-refractivity contribution is 0.110. The Morgan fingerprint density at radius 2 is 2.07 bits per heavy atom. The minimum atomic E-state index is 0.116. The fraction of sp³-hybridized carbons (Fsp3) is 0.333. The van der Waals surface area contributed by atoms with E-state index in [4.69, 9.17) is 15.5 Å². The summed E-state index contributed by atoms with van der Waals surface area (Å²) in [5, 5.41) is 0. The Labute approximate surface area is 163 Å². The van der Waals surface area contributed by atoms with Crippen molar-refractivity contribution in [1.82, 2.24) is 14.5 Å². The summed E-state index contributed by atoms with van der Waals surface area (Å²) in [5.74, 6) is 1.58. The molecule has 7 nitrogen and oxygen atoms in total. The summed E-state index contributed by atoms with van der Waals surface area (Å²) >= 11 is 0. The van der Waals surface area contributed by atoms with E-state index < -0.39 is 0 Å². The van der Waals surface area contributed by atoms with Crippen LogP contribution in [0.3, 0.4) is 0 Å². The summed E-state index contributed by atoms with van der Waals surface area (Å²) in [6.45, 7) is 3.90. The quantitative estimate of drug-likeness (QED) is 0.760. The second-order valence-electron chi connectivity index (χ2n) is 7.42. The predicted molar refractivity (Wildman–Crippen MR) is 110 cm³/mol. The molecule has 5 rings (SSSR count). The first-order valence-corrected chi connectivity index (χ1v) is 9.53. The smallest absolute Gasteiger partial charge is 0.202 e. The van der Waals surface area contributed by atoms with Crippen LogP contribution in [0.25, 0.3) is 11.2 Å². The molecule has 1 aromatic carbocycles. The number of hydrogen-bond donors (Lipinski definition) is 1. The van der Waals surface area contributed by atoms with Crippen molar-refractivity contribution in [2.45, 2.75) is 26.0 Å². The summed E-state index contributed by atoms with van der Waals surface area (Å²) in [6, 6.07) is 12.3. The largest absolute Gasteiger partial charge is 0.373 e. The van der Waals surface area contributed by atoms with Crippen LogP contribution in [0.1, 0.15) is 23.7 Å². The second-order valence-corrected chi connectivity index (χ2v) is 7.42. The highest BCUT2D eigenvalue weighted by molar-refractivity contribution is 6.05. The average molecular weight is 374 g/mol. The number of benzene rings is 1. The Morgan fingerprint density at radius 3 is 2.93 bits per heavy atom. The van der Waals surface area contributed by atoms with Gasteiger partial charge in [-0.25, -0.2) is 15.0 Å². The molecule has 0 spiro atoms. The molecule has 0 radical (unpaired) electrons. The molecule has 7 heteroatoms. The molecule has 0 amide bonds. The number of nitrogens with two attached hydrogens (primary N) is 1. The molecule has 142 valence electrons. The Balaban J connectivity index is 1.29. The summed E-state index contributed by atoms with van der Waals surface area (Å²) in [6.07, 6.45) is 2.78. The maximum Gasteiger partial charge on any atom is 0.202 e. The van der Waals surface area contributed by atoms with Gasteiger partial charge in [0.1, 0.15) is 11.4 Å². The number of pyridine rings is 1. The van der Waals surface area contributed by atoms with Crippen LogP contribution in [0.5, 0.6) is 0 Å². The summed E-state index contributed by atoms with van der Waals surface area (Å²) < 4.78 is 7.92. The first-order chi connectivity index (χ1) is 13.7. The van der Waals surface area contributed by atoms with Crippen molar-refractivity contribution in [3.8, 4) is 0 Å². The summed E-state index contributed by atoms with van der Waals surface area (Å²) in [5.41, 5.74) is 11.1. The van der Waals surface area contributed by atoms with E-state index in [9.17, 15) is 0 Å². The first-order valence-electron chi connectivity index (χ1n) is 9.53. The third-order valence-corrected chi connectivity index (χ3v) is 5.38. The SMILES string of the molecule is Cc1ccc([C@H]2C[C@H](C3=NCC(Cn4c(N)nc5cccnc54)=N3)CO2)cc1. The van der Waals surface area contributed by atoms with Crippen molar-refractivity contribution >= 4 is 28.7 Å². The van der Waals surface area contributed by atoms with Crippen LogP contribution >= 0.6 is 0 Å². The molecule has 2 aliphatic rings. The molecule has 1 saturated heterocycles. The highest BCUT2D eigenvalue weighted by Crippen LogP contribution is 2.34. The van der Waals surface area contributed by atoms with Crippen molar-refractivity contribution < 1.29 is 4.74 Å². The van der Waals surface area contributed by atoms with Crippen LogP contribution in [0.4, 0.5) is 5.95 Å². The van der Waals surface area contributed by atoms with Crippen LogP contribution in [0.15, 0.2) is 52.6 Å². The molecule has 2 atom stereocenters. The van der Waals surface area contributed by atoms with Crippen LogP contribution in [0, 0.1) is 12.8 Å². The topological polar surface area (TPSA) is 90.7 Å². The van der Waals surface area contributed by atoms with Crippen molar-refractivity contribution in [3.05, 3.63) is 53.7 Å². The van der Waals surface area contributed by atoms with Crippen LogP contribution in [0.2, 0.25) is 0 Å². The number of aliphatic imine (C=N–C) groups is 2. The number of fused-ring (bicyclic) bond motifs is 1. The lowest BCUT2D eigenvalue weighted by Gasteiger charge is -2.09. The summed E-state index contributed by atoms with van der Waals surface area (Å²) in [7, 11) is 0. The number of rotatable bonds is 4. The van der Waals surface area contributed by atoms with Gasteiger partial charge in [0.2, 0.25) is 5.95 Å². The van der Waals surface area contributed by atoms with Gasteiger partial charge in [-0.3, -0.25) is 9.56 Å². The number of ether oxygens (including phenoxy) is 1. The maximum atomic E-state index is 6.08. The number of hydrogen-bond acceptors (Lipinski definition) is 6. The number of aromatic nitrogens is 3. The van der Waals surface area contributed by atoms with Gasteiger partial charge < -0.3 is 10.5 Å². The van der Waals surface area contributed by atoms with Crippen molar-refractivity contribution in [1.29, 1.82) is 0 Å². The predicted octanol–water partition coefficient (Wildman–Crippen LogP) is 2.95. The Kier molecular flexibility index (Phi) is 4.16. The zero-order valence-corrected chi connectivity index (χ0v) is 15.7. The zero-order valence-electron chi connectivity index (χ0n) is 15.7. The van der Waals surface area contributed by atoms with Crippen LogP contribution in [-0.4, -0.2) is 39.2 Å². The van der Waals surface area contributed by atoms with E-state index >= 15 is 0 Å². The average Bonchev–Trinajstić information content (AvgIpc) is 3.42. The second kappa shape index (κ2) is 6.83. The van der Waals surface area contributed by atoms with Gasteiger partial charge in [-0.05, 0) is 31.0 Å². The third-order valence-electron chi connectivity index (χ3n) is 5.38. The van der Waals surface area contributed by atoms with Gasteiger partial charge in [0.25, 0.3) is 0 Å². The summed E-state index contributed by atoms with van der Waals surface area (Å²) in [4.78, 5) is 18.2. The van der Waals surface area contributed by atoms with Gasteiger partial charge in [0.05, 0.1) is 31.5 Å². The Morgan fingerprint density at radius 1 is 1.21 bits per heavy atom. The molecule has 0 saturated carbocycles. The number of nitrogen functional groups attached to an aromatic ring is 1. The molecule has 0 bridgehead atoms. The van der Waals surface area contributed by atoms with Crippen LogP contribution in [-0.2, 0) is 11.3 Å². The minimum absolute atomic E-state index is 0.116. The Hall–Kier alpha value is -3.06. The molecular weight excluding hydrogens is 352 g/mol. The van der Waals surface area contributed by atoms with Gasteiger partial charge in [0, 0.05) is 12.1 Å². The fourth-order valence-electron chi connectivity index (χ4n) is 3.85. The molecule has 2 N–H and O–H groups in total. The maximum absolute atomic E-state index is 6.08. The van der Waals surface area contributed by atoms with Gasteiger partial charge in [-0.1, -0.05) is 29.8 Å². The van der Waals surface area contributed by atoms with Crippen molar-refractivity contribution in [2.75, 3.05) is 18.9 Å². The van der Waals surface area contributed by atoms with E-state index in [0.717, 1.165) is 29.1 Å². The lowest BCUT2D eigenvalue weighted by atomic mass is 9.99. The number of imidazole rings is 1. The molecule has 0 aliphatic carbocycles. The number of amidine groups is 1. The van der Waals surface area contributed by atoms with Gasteiger partial charge in [-0.2, -0.15) is 0 Å². The first kappa shape index (κ1) is 17.1. The monoisotopic (exact) mass is 374 g/mol. The minimum Gasteiger partial charge on any atom is -0.373 e. The van der Waals surface area contributed by atoms with Gasteiger partial charge in [-0.15, -0.1) is 0 Å². The van der Waals surface area contributed by atoms with E-state index in [0.29, 0.717) is 25.6 Å². The number of nitrogens with zero attached hydrogens (tertiary/aromatic N) is 5. The number of aryl methyl sites for hydroxylation is 1. The highest BCUT2D eigenvalue weighted by atomic mass is 16.5. The highest BCUT2D eigenvalue weighted by Gasteiger charge is 2.32. The van der Waals surface area contributed by atoms with Crippen molar-refractivity contribution in [2.24, 2.45) is 15.9 Å². The van der Waals surface area contributed by atoms with Gasteiger partial charge in [0.15, 0.2) is 5.65 Å². The standard InChI is InChI=1S/C21H22N6O/c1-13-4-6-14(7-5-13)18-9-15(12-28-18)19-24-10-16(25-19)11-27-20-17(26-21(27)22)3-2-8-23-20/h2-8,15,18H,9-12H2,1H3,(H2,22,26)/t15-,18+/m0/s1. The molecular formula is C21H22N6O. The number of anilines is 1. The third kappa shape index (κ3) is 3.07. The fourth-order valence-corrected chi connectivity index (χ4v) is 3.85. The molecule has 1 fully saturated rings. The molecule has 2 aliphatic heterocycles.